The summed E-state index contributed by atoms with van der Waals surface area (Å²) < 4.78 is 26.2. The van der Waals surface area contributed by atoms with Gasteiger partial charge in [0.2, 0.25) is 0 Å². The molecule has 1 heterocycles. The van der Waals surface area contributed by atoms with Crippen molar-refractivity contribution in [2.75, 3.05) is 11.4 Å². The van der Waals surface area contributed by atoms with Crippen molar-refractivity contribution in [1.29, 1.82) is 0 Å². The molecule has 0 spiro atoms. The maximum atomic E-state index is 13.3. The van der Waals surface area contributed by atoms with E-state index in [1.165, 1.54) is 6.07 Å². The Bertz CT molecular complexity index is 514. The van der Waals surface area contributed by atoms with Crippen LogP contribution < -0.4 is 4.90 Å². The Balaban J connectivity index is 2.38. The third kappa shape index (κ3) is 2.64. The number of benzene rings is 1. The molecule has 0 saturated carbocycles. The summed E-state index contributed by atoms with van der Waals surface area (Å²) in [5.41, 5.74) is 1.49. The number of pyridine rings is 1. The van der Waals surface area contributed by atoms with Crippen LogP contribution in [0.2, 0.25) is 0 Å². The van der Waals surface area contributed by atoms with Gasteiger partial charge in [0.05, 0.1) is 11.9 Å². The SMILES string of the molecule is CCCN(c1cccnc1)c1ccc(F)c(F)c1. The highest BCUT2D eigenvalue weighted by molar-refractivity contribution is 5.62. The van der Waals surface area contributed by atoms with Crippen molar-refractivity contribution in [3.05, 3.63) is 54.4 Å². The molecule has 1 aromatic carbocycles. The van der Waals surface area contributed by atoms with E-state index < -0.39 is 11.6 Å². The zero-order chi connectivity index (χ0) is 13.0. The largest absolute Gasteiger partial charge is 0.340 e. The fourth-order valence-electron chi connectivity index (χ4n) is 1.80. The second-order valence-corrected chi connectivity index (χ2v) is 3.96. The monoisotopic (exact) mass is 248 g/mol. The molecule has 0 aliphatic carbocycles. The number of nitrogens with zero attached hydrogens (tertiary/aromatic N) is 2. The van der Waals surface area contributed by atoms with Crippen LogP contribution in [0.1, 0.15) is 13.3 Å². The van der Waals surface area contributed by atoms with E-state index in [1.807, 2.05) is 24.0 Å². The lowest BCUT2D eigenvalue weighted by molar-refractivity contribution is 0.508. The number of hydrogen-bond acceptors (Lipinski definition) is 2. The Morgan fingerprint density at radius 1 is 1.11 bits per heavy atom. The Labute approximate surface area is 105 Å². The van der Waals surface area contributed by atoms with Crippen LogP contribution in [0.25, 0.3) is 0 Å². The Morgan fingerprint density at radius 3 is 2.56 bits per heavy atom. The first-order valence-corrected chi connectivity index (χ1v) is 5.85. The predicted molar refractivity (Wildman–Crippen MR) is 67.9 cm³/mol. The Kier molecular flexibility index (Phi) is 3.87. The first-order chi connectivity index (χ1) is 8.72. The number of halogens is 2. The summed E-state index contributed by atoms with van der Waals surface area (Å²) in [6.45, 7) is 2.75. The molecule has 2 nitrogen and oxygen atoms in total. The normalized spacial score (nSPS) is 10.4. The van der Waals surface area contributed by atoms with Gasteiger partial charge in [-0.05, 0) is 30.7 Å². The van der Waals surface area contributed by atoms with E-state index in [-0.39, 0.29) is 0 Å². The molecule has 94 valence electrons. The fraction of sp³-hybridized carbons (Fsp3) is 0.214. The van der Waals surface area contributed by atoms with Crippen LogP contribution in [0.15, 0.2) is 42.7 Å². The minimum Gasteiger partial charge on any atom is -0.340 e. The van der Waals surface area contributed by atoms with Gasteiger partial charge in [-0.3, -0.25) is 4.98 Å². The standard InChI is InChI=1S/C14H14F2N2/c1-2-8-18(12-4-3-7-17-10-12)11-5-6-13(15)14(16)9-11/h3-7,9-10H,2,8H2,1H3. The molecule has 18 heavy (non-hydrogen) atoms. The third-order valence-corrected chi connectivity index (χ3v) is 2.62. The van der Waals surface area contributed by atoms with Gasteiger partial charge in [0.1, 0.15) is 0 Å². The van der Waals surface area contributed by atoms with Gasteiger partial charge < -0.3 is 4.90 Å². The summed E-state index contributed by atoms with van der Waals surface area (Å²) in [7, 11) is 0. The van der Waals surface area contributed by atoms with Crippen molar-refractivity contribution in [3.8, 4) is 0 Å². The number of anilines is 2. The fourth-order valence-corrected chi connectivity index (χ4v) is 1.80. The highest BCUT2D eigenvalue weighted by Crippen LogP contribution is 2.26. The first-order valence-electron chi connectivity index (χ1n) is 5.85. The van der Waals surface area contributed by atoms with Crippen LogP contribution in [0.5, 0.6) is 0 Å². The van der Waals surface area contributed by atoms with Gasteiger partial charge in [0.25, 0.3) is 0 Å². The van der Waals surface area contributed by atoms with Crippen molar-refractivity contribution in [1.82, 2.24) is 4.98 Å². The minimum atomic E-state index is -0.836. The van der Waals surface area contributed by atoms with E-state index in [0.29, 0.717) is 5.69 Å². The molecule has 0 saturated heterocycles. The lowest BCUT2D eigenvalue weighted by atomic mass is 10.2. The third-order valence-electron chi connectivity index (χ3n) is 2.62. The van der Waals surface area contributed by atoms with E-state index in [1.54, 1.807) is 18.5 Å². The van der Waals surface area contributed by atoms with Crippen LogP contribution >= 0.6 is 0 Å². The summed E-state index contributed by atoms with van der Waals surface area (Å²) in [6.07, 6.45) is 4.28. The molecule has 2 rings (SSSR count). The van der Waals surface area contributed by atoms with E-state index in [4.69, 9.17) is 0 Å². The molecule has 1 aromatic heterocycles. The van der Waals surface area contributed by atoms with E-state index in [2.05, 4.69) is 4.98 Å². The predicted octanol–water partition coefficient (Wildman–Crippen LogP) is 3.91. The van der Waals surface area contributed by atoms with Crippen molar-refractivity contribution in [2.45, 2.75) is 13.3 Å². The highest BCUT2D eigenvalue weighted by atomic mass is 19.2. The van der Waals surface area contributed by atoms with Crippen LogP contribution in [0.4, 0.5) is 20.2 Å². The van der Waals surface area contributed by atoms with Gasteiger partial charge in [0, 0.05) is 24.5 Å². The summed E-state index contributed by atoms with van der Waals surface area (Å²) >= 11 is 0. The molecule has 0 amide bonds. The highest BCUT2D eigenvalue weighted by Gasteiger charge is 2.11. The maximum absolute atomic E-state index is 13.3. The van der Waals surface area contributed by atoms with Crippen molar-refractivity contribution in [2.24, 2.45) is 0 Å². The van der Waals surface area contributed by atoms with Gasteiger partial charge in [0.15, 0.2) is 11.6 Å². The van der Waals surface area contributed by atoms with Gasteiger partial charge in [-0.15, -0.1) is 0 Å². The molecular weight excluding hydrogens is 234 g/mol. The lowest BCUT2D eigenvalue weighted by Crippen LogP contribution is -2.18. The zero-order valence-electron chi connectivity index (χ0n) is 10.1. The summed E-state index contributed by atoms with van der Waals surface area (Å²) in [4.78, 5) is 5.96. The molecule has 0 N–H and O–H groups in total. The molecule has 0 unspecified atom stereocenters. The van der Waals surface area contributed by atoms with E-state index >= 15 is 0 Å². The molecule has 0 bridgehead atoms. The second kappa shape index (κ2) is 5.58. The van der Waals surface area contributed by atoms with Crippen LogP contribution in [0, 0.1) is 11.6 Å². The smallest absolute Gasteiger partial charge is 0.160 e. The van der Waals surface area contributed by atoms with Crippen molar-refractivity contribution >= 4 is 11.4 Å². The number of rotatable bonds is 4. The van der Waals surface area contributed by atoms with Gasteiger partial charge in [-0.1, -0.05) is 6.92 Å². The average molecular weight is 248 g/mol. The van der Waals surface area contributed by atoms with Gasteiger partial charge in [-0.25, -0.2) is 8.78 Å². The second-order valence-electron chi connectivity index (χ2n) is 3.96. The van der Waals surface area contributed by atoms with Crippen molar-refractivity contribution < 1.29 is 8.78 Å². The summed E-state index contributed by atoms with van der Waals surface area (Å²) in [5, 5.41) is 0. The Morgan fingerprint density at radius 2 is 1.94 bits per heavy atom. The van der Waals surface area contributed by atoms with Gasteiger partial charge in [-0.2, -0.15) is 0 Å². The maximum Gasteiger partial charge on any atom is 0.160 e. The zero-order valence-corrected chi connectivity index (χ0v) is 10.1. The molecule has 4 heteroatoms. The molecule has 0 radical (unpaired) electrons. The van der Waals surface area contributed by atoms with E-state index in [9.17, 15) is 8.78 Å². The first kappa shape index (κ1) is 12.5. The van der Waals surface area contributed by atoms with Crippen LogP contribution in [-0.4, -0.2) is 11.5 Å². The summed E-state index contributed by atoms with van der Waals surface area (Å²) in [6, 6.07) is 7.63. The topological polar surface area (TPSA) is 16.1 Å². The average Bonchev–Trinajstić information content (AvgIpc) is 2.40. The quantitative estimate of drug-likeness (QED) is 0.815. The molecule has 0 fully saturated rings. The molecule has 2 aromatic rings. The van der Waals surface area contributed by atoms with Crippen LogP contribution in [-0.2, 0) is 0 Å². The minimum absolute atomic E-state index is 0.628. The lowest BCUT2D eigenvalue weighted by Gasteiger charge is -2.24. The molecule has 0 aliphatic heterocycles. The number of hydrogen-bond donors (Lipinski definition) is 0. The molecular formula is C14H14F2N2. The van der Waals surface area contributed by atoms with E-state index in [0.717, 1.165) is 24.7 Å². The molecule has 0 atom stereocenters. The Hall–Kier alpha value is -1.97. The molecule has 0 aliphatic rings. The summed E-state index contributed by atoms with van der Waals surface area (Å²) in [5.74, 6) is -1.67. The van der Waals surface area contributed by atoms with Crippen molar-refractivity contribution in [3.63, 3.8) is 0 Å². The number of aromatic nitrogens is 1. The van der Waals surface area contributed by atoms with Crippen LogP contribution in [0.3, 0.4) is 0 Å². The van der Waals surface area contributed by atoms with Gasteiger partial charge >= 0.3 is 0 Å².